The van der Waals surface area contributed by atoms with Crippen molar-refractivity contribution in [2.75, 3.05) is 25.6 Å². The van der Waals surface area contributed by atoms with Crippen LogP contribution in [0.4, 0.5) is 5.69 Å². The fourth-order valence-corrected chi connectivity index (χ4v) is 3.57. The first-order valence-electron chi connectivity index (χ1n) is 9.48. The van der Waals surface area contributed by atoms with Crippen LogP contribution in [0.5, 0.6) is 5.75 Å². The molecule has 0 unspecified atom stereocenters. The Morgan fingerprint density at radius 2 is 2.22 bits per heavy atom. The molecule has 0 aliphatic carbocycles. The Morgan fingerprint density at radius 3 is 2.96 bits per heavy atom. The van der Waals surface area contributed by atoms with Gasteiger partial charge in [-0.3, -0.25) is 4.68 Å². The summed E-state index contributed by atoms with van der Waals surface area (Å²) in [6.07, 6.45) is 3.63. The van der Waals surface area contributed by atoms with Crippen LogP contribution in [0.15, 0.2) is 36.5 Å². The van der Waals surface area contributed by atoms with E-state index in [0.29, 0.717) is 6.04 Å². The quantitative estimate of drug-likeness (QED) is 0.719. The lowest BCUT2D eigenvalue weighted by Crippen LogP contribution is -2.20. The lowest BCUT2D eigenvalue weighted by Gasteiger charge is -2.17. The fraction of sp³-hybridized carbons (Fsp3) is 0.429. The number of hydrogen-bond donors (Lipinski definition) is 1. The molecule has 1 N–H and O–H groups in total. The highest BCUT2D eigenvalue weighted by atomic mass is 16.5. The topological polar surface area (TPSA) is 61.2 Å². The molecular weight excluding hydrogens is 340 g/mol. The molecule has 0 radical (unpaired) electrons. The van der Waals surface area contributed by atoms with Crippen molar-refractivity contribution in [2.24, 2.45) is 0 Å². The van der Waals surface area contributed by atoms with Crippen molar-refractivity contribution in [3.05, 3.63) is 47.8 Å². The van der Waals surface area contributed by atoms with Crippen molar-refractivity contribution in [2.45, 2.75) is 38.8 Å². The number of anilines is 1. The number of hydrogen-bond acceptors (Lipinski definition) is 5. The number of rotatable bonds is 6. The second-order valence-electron chi connectivity index (χ2n) is 7.31. The van der Waals surface area contributed by atoms with Gasteiger partial charge in [0, 0.05) is 24.8 Å². The minimum Gasteiger partial charge on any atom is -0.497 e. The summed E-state index contributed by atoms with van der Waals surface area (Å²) in [7, 11) is 1.69. The first-order valence-corrected chi connectivity index (χ1v) is 9.48. The molecular formula is C21H26N4O2. The van der Waals surface area contributed by atoms with Gasteiger partial charge in [0.1, 0.15) is 16.8 Å². The molecule has 2 aromatic heterocycles. The highest BCUT2D eigenvalue weighted by molar-refractivity contribution is 5.88. The highest BCUT2D eigenvalue weighted by Crippen LogP contribution is 2.28. The van der Waals surface area contributed by atoms with Gasteiger partial charge in [0.2, 0.25) is 0 Å². The average Bonchev–Trinajstić information content (AvgIpc) is 3.31. The summed E-state index contributed by atoms with van der Waals surface area (Å²) < 4.78 is 12.9. The molecule has 1 saturated heterocycles. The van der Waals surface area contributed by atoms with E-state index in [1.54, 1.807) is 7.11 Å². The van der Waals surface area contributed by atoms with Gasteiger partial charge in [0.15, 0.2) is 0 Å². The Kier molecular flexibility index (Phi) is 4.99. The van der Waals surface area contributed by atoms with Gasteiger partial charge in [-0.05, 0) is 44.0 Å². The molecule has 0 amide bonds. The third-order valence-corrected chi connectivity index (χ3v) is 4.90. The molecule has 3 heterocycles. The van der Waals surface area contributed by atoms with Gasteiger partial charge in [-0.2, -0.15) is 5.10 Å². The smallest absolute Gasteiger partial charge is 0.119 e. The molecule has 142 valence electrons. The van der Waals surface area contributed by atoms with Crippen molar-refractivity contribution in [3.8, 4) is 5.75 Å². The van der Waals surface area contributed by atoms with E-state index in [4.69, 9.17) is 14.5 Å². The zero-order chi connectivity index (χ0) is 18.8. The Morgan fingerprint density at radius 1 is 1.33 bits per heavy atom. The van der Waals surface area contributed by atoms with Crippen molar-refractivity contribution in [3.63, 3.8) is 0 Å². The molecule has 6 nitrogen and oxygen atoms in total. The minimum absolute atomic E-state index is 0.272. The van der Waals surface area contributed by atoms with E-state index in [9.17, 15) is 0 Å². The van der Waals surface area contributed by atoms with E-state index in [1.165, 1.54) is 5.56 Å². The molecule has 1 aliphatic rings. The molecule has 1 fully saturated rings. The van der Waals surface area contributed by atoms with Crippen molar-refractivity contribution in [1.82, 2.24) is 14.8 Å². The first kappa shape index (κ1) is 17.8. The van der Waals surface area contributed by atoms with Crippen molar-refractivity contribution >= 4 is 16.7 Å². The summed E-state index contributed by atoms with van der Waals surface area (Å²) in [6.45, 7) is 5.83. The average molecular weight is 366 g/mol. The van der Waals surface area contributed by atoms with Gasteiger partial charge in [0.05, 0.1) is 31.6 Å². The van der Waals surface area contributed by atoms with Crippen LogP contribution < -0.4 is 10.1 Å². The molecule has 1 aromatic carbocycles. The number of ether oxygens (including phenoxy) is 2. The largest absolute Gasteiger partial charge is 0.497 e. The third kappa shape index (κ3) is 3.76. The highest BCUT2D eigenvalue weighted by Gasteiger charge is 2.20. The van der Waals surface area contributed by atoms with E-state index in [0.717, 1.165) is 54.2 Å². The van der Waals surface area contributed by atoms with Crippen LogP contribution in [-0.4, -0.2) is 41.1 Å². The second kappa shape index (κ2) is 7.56. The van der Waals surface area contributed by atoms with E-state index >= 15 is 0 Å². The van der Waals surface area contributed by atoms with Crippen LogP contribution in [0, 0.1) is 0 Å². The van der Waals surface area contributed by atoms with Gasteiger partial charge in [-0.1, -0.05) is 12.1 Å². The molecule has 3 aromatic rings. The molecule has 1 aliphatic heterocycles. The van der Waals surface area contributed by atoms with Gasteiger partial charge in [-0.25, -0.2) is 4.98 Å². The number of nitrogens with one attached hydrogen (secondary N) is 1. The number of aromatic nitrogens is 3. The molecule has 4 rings (SSSR count). The maximum atomic E-state index is 5.54. The number of fused-ring (bicyclic) bond motifs is 1. The third-order valence-electron chi connectivity index (χ3n) is 4.90. The van der Waals surface area contributed by atoms with E-state index < -0.39 is 0 Å². The number of benzene rings is 1. The normalized spacial score (nSPS) is 17.0. The van der Waals surface area contributed by atoms with Crippen LogP contribution in [0.2, 0.25) is 0 Å². The zero-order valence-corrected chi connectivity index (χ0v) is 16.1. The predicted octanol–water partition coefficient (Wildman–Crippen LogP) is 3.81. The lowest BCUT2D eigenvalue weighted by molar-refractivity contribution is 0.195. The van der Waals surface area contributed by atoms with E-state index in [-0.39, 0.29) is 6.04 Å². The first-order chi connectivity index (χ1) is 13.1. The van der Waals surface area contributed by atoms with Crippen LogP contribution in [0.1, 0.15) is 37.6 Å². The molecule has 0 spiro atoms. The number of nitrogens with zero attached hydrogens (tertiary/aromatic N) is 3. The van der Waals surface area contributed by atoms with E-state index in [2.05, 4.69) is 42.5 Å². The van der Waals surface area contributed by atoms with E-state index in [1.807, 2.05) is 23.0 Å². The monoisotopic (exact) mass is 366 g/mol. The van der Waals surface area contributed by atoms with Crippen molar-refractivity contribution in [1.29, 1.82) is 0 Å². The molecule has 27 heavy (non-hydrogen) atoms. The van der Waals surface area contributed by atoms with Crippen LogP contribution >= 0.6 is 0 Å². The molecule has 0 bridgehead atoms. The predicted molar refractivity (Wildman–Crippen MR) is 107 cm³/mol. The molecule has 0 saturated carbocycles. The maximum absolute atomic E-state index is 5.54. The van der Waals surface area contributed by atoms with Gasteiger partial charge in [-0.15, -0.1) is 0 Å². The fourth-order valence-electron chi connectivity index (χ4n) is 3.57. The Labute approximate surface area is 159 Å². The second-order valence-corrected chi connectivity index (χ2v) is 7.31. The number of methoxy groups -OCH3 is 1. The maximum Gasteiger partial charge on any atom is 0.119 e. The van der Waals surface area contributed by atoms with Gasteiger partial charge in [0.25, 0.3) is 0 Å². The van der Waals surface area contributed by atoms with Crippen LogP contribution in [0.25, 0.3) is 11.0 Å². The summed E-state index contributed by atoms with van der Waals surface area (Å²) in [4.78, 5) is 4.87. The molecule has 1 atom stereocenters. The van der Waals surface area contributed by atoms with Gasteiger partial charge < -0.3 is 14.8 Å². The Hall–Kier alpha value is -2.60. The molecule has 6 heteroatoms. The standard InChI is InChI=1S/C21H26N4O2/c1-14(2)25-21-19(23-16-7-8-27-13-16)11-17(24-20(21)12-22-25)9-15-5-4-6-18(10-15)26-3/h4-6,10-12,14,16H,7-9,13H2,1-3H3,(H,23,24)/t16-/m1/s1. The van der Waals surface area contributed by atoms with Gasteiger partial charge >= 0.3 is 0 Å². The summed E-state index contributed by atoms with van der Waals surface area (Å²) in [5.41, 5.74) is 5.25. The van der Waals surface area contributed by atoms with Crippen LogP contribution in [0.3, 0.4) is 0 Å². The lowest BCUT2D eigenvalue weighted by atomic mass is 10.1. The summed E-state index contributed by atoms with van der Waals surface area (Å²) in [5.74, 6) is 0.864. The summed E-state index contributed by atoms with van der Waals surface area (Å²) >= 11 is 0. The van der Waals surface area contributed by atoms with Crippen molar-refractivity contribution < 1.29 is 9.47 Å². The summed E-state index contributed by atoms with van der Waals surface area (Å²) in [5, 5.41) is 8.23. The zero-order valence-electron chi connectivity index (χ0n) is 16.1. The SMILES string of the molecule is COc1cccc(Cc2cc(N[C@@H]3CCOC3)c3c(cnn3C(C)C)n2)c1. The Balaban J connectivity index is 1.72. The number of pyridine rings is 1. The summed E-state index contributed by atoms with van der Waals surface area (Å²) in [6, 6.07) is 10.9. The van der Waals surface area contributed by atoms with Crippen LogP contribution in [-0.2, 0) is 11.2 Å². The minimum atomic E-state index is 0.272. The Bertz CT molecular complexity index is 929.